The number of nitrogens with one attached hydrogen (secondary N) is 1. The molecule has 1 N–H and O–H groups in total. The van der Waals surface area contributed by atoms with Gasteiger partial charge in [0.25, 0.3) is 11.1 Å². The minimum Gasteiger partial charge on any atom is -0.368 e. The molecular formula is C27H28N6O2S. The van der Waals surface area contributed by atoms with Crippen molar-refractivity contribution in [1.29, 1.82) is 0 Å². The summed E-state index contributed by atoms with van der Waals surface area (Å²) < 4.78 is 0. The van der Waals surface area contributed by atoms with Crippen molar-refractivity contribution in [2.24, 2.45) is 0 Å². The SMILES string of the molecule is Cc1ccc(N2CCN(c3nc(/C=C4/SC(=O)NC4=O)cc(N(C)Cc4ccccc4)n3)CC2)cc1. The van der Waals surface area contributed by atoms with Crippen molar-refractivity contribution < 1.29 is 9.59 Å². The second-order valence-corrected chi connectivity index (χ2v) is 9.97. The van der Waals surface area contributed by atoms with Gasteiger partial charge in [-0.3, -0.25) is 14.9 Å². The Bertz CT molecular complexity index is 1290. The molecular weight excluding hydrogens is 472 g/mol. The number of thioether (sulfide) groups is 1. The summed E-state index contributed by atoms with van der Waals surface area (Å²) in [5, 5.41) is 1.94. The molecule has 1 aromatic heterocycles. The first-order chi connectivity index (χ1) is 17.4. The number of anilines is 3. The molecule has 0 unspecified atom stereocenters. The summed E-state index contributed by atoms with van der Waals surface area (Å²) in [6, 6.07) is 20.7. The number of hydrogen-bond donors (Lipinski definition) is 1. The third kappa shape index (κ3) is 5.52. The van der Waals surface area contributed by atoms with Gasteiger partial charge < -0.3 is 14.7 Å². The second kappa shape index (κ2) is 10.4. The number of benzene rings is 2. The maximum atomic E-state index is 12.1. The predicted octanol–water partition coefficient (Wildman–Crippen LogP) is 4.07. The zero-order valence-corrected chi connectivity index (χ0v) is 21.2. The monoisotopic (exact) mass is 500 g/mol. The number of imide groups is 1. The van der Waals surface area contributed by atoms with Gasteiger partial charge in [-0.15, -0.1) is 0 Å². The Morgan fingerprint density at radius 3 is 2.33 bits per heavy atom. The minimum absolute atomic E-state index is 0.338. The van der Waals surface area contributed by atoms with E-state index in [1.54, 1.807) is 6.08 Å². The van der Waals surface area contributed by atoms with Crippen LogP contribution < -0.4 is 20.0 Å². The van der Waals surface area contributed by atoms with Gasteiger partial charge in [-0.25, -0.2) is 4.98 Å². The summed E-state index contributed by atoms with van der Waals surface area (Å²) in [6.45, 7) is 6.06. The van der Waals surface area contributed by atoms with E-state index >= 15 is 0 Å². The molecule has 0 spiro atoms. The van der Waals surface area contributed by atoms with Crippen LogP contribution in [0.4, 0.5) is 22.2 Å². The van der Waals surface area contributed by atoms with Crippen molar-refractivity contribution >= 4 is 46.4 Å². The molecule has 0 saturated carbocycles. The van der Waals surface area contributed by atoms with Crippen molar-refractivity contribution in [2.75, 3.05) is 47.9 Å². The smallest absolute Gasteiger partial charge is 0.290 e. The van der Waals surface area contributed by atoms with E-state index in [-0.39, 0.29) is 5.24 Å². The third-order valence-electron chi connectivity index (χ3n) is 6.26. The summed E-state index contributed by atoms with van der Waals surface area (Å²) in [5.74, 6) is 0.986. The van der Waals surface area contributed by atoms with Crippen LogP contribution in [0, 0.1) is 6.92 Å². The van der Waals surface area contributed by atoms with Gasteiger partial charge in [-0.2, -0.15) is 4.98 Å². The standard InChI is InChI=1S/C27H28N6O2S/c1-19-8-10-22(11-9-19)32-12-14-33(15-13-32)26-28-21(16-23-25(34)30-27(35)36-23)17-24(29-26)31(2)18-20-6-4-3-5-7-20/h3-11,16-17H,12-15,18H2,1-2H3,(H,30,34,35)/b23-16+. The van der Waals surface area contributed by atoms with Gasteiger partial charge in [0, 0.05) is 51.5 Å². The minimum atomic E-state index is -0.393. The van der Waals surface area contributed by atoms with E-state index in [1.807, 2.05) is 31.3 Å². The molecule has 0 radical (unpaired) electrons. The molecule has 0 aliphatic carbocycles. The van der Waals surface area contributed by atoms with Crippen molar-refractivity contribution in [3.8, 4) is 0 Å². The fourth-order valence-electron chi connectivity index (χ4n) is 4.26. The molecule has 5 rings (SSSR count). The quantitative estimate of drug-likeness (QED) is 0.508. The van der Waals surface area contributed by atoms with Crippen LogP contribution in [0.5, 0.6) is 0 Å². The molecule has 184 valence electrons. The van der Waals surface area contributed by atoms with E-state index in [0.29, 0.717) is 23.1 Å². The first kappa shape index (κ1) is 23.9. The Hall–Kier alpha value is -3.85. The number of carbonyl (C=O) groups is 2. The highest BCUT2D eigenvalue weighted by molar-refractivity contribution is 8.18. The molecule has 2 aliphatic heterocycles. The van der Waals surface area contributed by atoms with Gasteiger partial charge in [0.2, 0.25) is 5.95 Å². The molecule has 2 amide bonds. The highest BCUT2D eigenvalue weighted by atomic mass is 32.2. The van der Waals surface area contributed by atoms with E-state index < -0.39 is 5.91 Å². The topological polar surface area (TPSA) is 81.7 Å². The Balaban J connectivity index is 1.40. The normalized spacial score (nSPS) is 17.0. The predicted molar refractivity (Wildman–Crippen MR) is 145 cm³/mol. The number of hydrogen-bond acceptors (Lipinski definition) is 8. The highest BCUT2D eigenvalue weighted by Crippen LogP contribution is 2.28. The van der Waals surface area contributed by atoms with Crippen LogP contribution in [0.25, 0.3) is 6.08 Å². The lowest BCUT2D eigenvalue weighted by Crippen LogP contribution is -2.47. The maximum absolute atomic E-state index is 12.1. The van der Waals surface area contributed by atoms with Crippen LogP contribution in [0.15, 0.2) is 65.6 Å². The molecule has 0 atom stereocenters. The number of carbonyl (C=O) groups excluding carboxylic acids is 2. The summed E-state index contributed by atoms with van der Waals surface area (Å²) in [6.07, 6.45) is 1.67. The fraction of sp³-hybridized carbons (Fsp3) is 0.259. The maximum Gasteiger partial charge on any atom is 0.290 e. The van der Waals surface area contributed by atoms with Gasteiger partial charge in [0.15, 0.2) is 0 Å². The van der Waals surface area contributed by atoms with E-state index in [2.05, 4.69) is 63.3 Å². The molecule has 2 fully saturated rings. The largest absolute Gasteiger partial charge is 0.368 e. The lowest BCUT2D eigenvalue weighted by molar-refractivity contribution is -0.115. The van der Waals surface area contributed by atoms with Crippen molar-refractivity contribution in [1.82, 2.24) is 15.3 Å². The Morgan fingerprint density at radius 1 is 0.972 bits per heavy atom. The Kier molecular flexibility index (Phi) is 6.90. The highest BCUT2D eigenvalue weighted by Gasteiger charge is 2.26. The van der Waals surface area contributed by atoms with E-state index in [1.165, 1.54) is 16.8 Å². The zero-order valence-electron chi connectivity index (χ0n) is 20.3. The molecule has 8 nitrogen and oxygen atoms in total. The van der Waals surface area contributed by atoms with E-state index in [9.17, 15) is 9.59 Å². The van der Waals surface area contributed by atoms with Crippen LogP contribution >= 0.6 is 11.8 Å². The van der Waals surface area contributed by atoms with Crippen LogP contribution in [0.3, 0.4) is 0 Å². The zero-order chi connectivity index (χ0) is 25.1. The van der Waals surface area contributed by atoms with Gasteiger partial charge in [0.1, 0.15) is 5.82 Å². The van der Waals surface area contributed by atoms with Crippen molar-refractivity contribution in [3.63, 3.8) is 0 Å². The van der Waals surface area contributed by atoms with Crippen LogP contribution in [0.1, 0.15) is 16.8 Å². The molecule has 3 heterocycles. The average molecular weight is 501 g/mol. The molecule has 2 aromatic carbocycles. The molecule has 9 heteroatoms. The fourth-order valence-corrected chi connectivity index (χ4v) is 4.93. The van der Waals surface area contributed by atoms with Gasteiger partial charge in [-0.1, -0.05) is 48.0 Å². The summed E-state index contributed by atoms with van der Waals surface area (Å²) in [7, 11) is 1.99. The number of piperazine rings is 1. The summed E-state index contributed by atoms with van der Waals surface area (Å²) >= 11 is 0.893. The van der Waals surface area contributed by atoms with Crippen molar-refractivity contribution in [2.45, 2.75) is 13.5 Å². The number of aryl methyl sites for hydroxylation is 1. The number of rotatable bonds is 6. The molecule has 36 heavy (non-hydrogen) atoms. The average Bonchev–Trinajstić information content (AvgIpc) is 3.21. The van der Waals surface area contributed by atoms with Crippen LogP contribution in [-0.4, -0.2) is 54.3 Å². The molecule has 0 bridgehead atoms. The van der Waals surface area contributed by atoms with Crippen molar-refractivity contribution in [3.05, 3.63) is 82.4 Å². The van der Waals surface area contributed by atoms with Gasteiger partial charge in [-0.05, 0) is 42.5 Å². The van der Waals surface area contributed by atoms with E-state index in [0.717, 1.165) is 43.8 Å². The van der Waals surface area contributed by atoms with Gasteiger partial charge in [0.05, 0.1) is 10.6 Å². The third-order valence-corrected chi connectivity index (χ3v) is 7.07. The van der Waals surface area contributed by atoms with Gasteiger partial charge >= 0.3 is 0 Å². The van der Waals surface area contributed by atoms with E-state index in [4.69, 9.17) is 9.97 Å². The lowest BCUT2D eigenvalue weighted by Gasteiger charge is -2.36. The molecule has 2 saturated heterocycles. The number of nitrogens with zero attached hydrogens (tertiary/aromatic N) is 5. The number of amides is 2. The first-order valence-electron chi connectivity index (χ1n) is 11.9. The first-order valence-corrected chi connectivity index (χ1v) is 12.7. The molecule has 3 aromatic rings. The van der Waals surface area contributed by atoms with Crippen LogP contribution in [0.2, 0.25) is 0 Å². The Labute approximate surface area is 215 Å². The lowest BCUT2D eigenvalue weighted by atomic mass is 10.2. The molecule has 2 aliphatic rings. The Morgan fingerprint density at radius 2 is 1.67 bits per heavy atom. The van der Waals surface area contributed by atoms with Crippen LogP contribution in [-0.2, 0) is 11.3 Å². The summed E-state index contributed by atoms with van der Waals surface area (Å²) in [4.78, 5) is 40.4. The second-order valence-electron chi connectivity index (χ2n) is 8.95. The summed E-state index contributed by atoms with van der Waals surface area (Å²) in [5.41, 5.74) is 4.24. The number of aromatic nitrogens is 2.